The van der Waals surface area contributed by atoms with Crippen LogP contribution >= 0.6 is 0 Å². The first-order valence-corrected chi connectivity index (χ1v) is 6.16. The van der Waals surface area contributed by atoms with Gasteiger partial charge in [-0.3, -0.25) is 9.89 Å². The molecule has 5 heteroatoms. The molecule has 0 aliphatic carbocycles. The normalized spacial score (nSPS) is 20.9. The van der Waals surface area contributed by atoms with E-state index in [1.807, 2.05) is 11.0 Å². The Bertz CT molecular complexity index is 399. The van der Waals surface area contributed by atoms with Crippen molar-refractivity contribution in [2.75, 3.05) is 19.6 Å². The molecule has 1 aliphatic heterocycles. The first kappa shape index (κ1) is 12.1. The van der Waals surface area contributed by atoms with E-state index in [2.05, 4.69) is 36.3 Å². The first-order valence-electron chi connectivity index (χ1n) is 6.16. The Hall–Kier alpha value is -1.36. The van der Waals surface area contributed by atoms with Crippen molar-refractivity contribution in [1.29, 1.82) is 0 Å². The molecule has 2 N–H and O–H groups in total. The van der Waals surface area contributed by atoms with E-state index in [0.29, 0.717) is 11.6 Å². The molecule has 17 heavy (non-hydrogen) atoms. The van der Waals surface area contributed by atoms with Gasteiger partial charge in [-0.15, -0.1) is 0 Å². The molecule has 1 amide bonds. The Labute approximate surface area is 102 Å². The second-order valence-electron chi connectivity index (χ2n) is 4.91. The van der Waals surface area contributed by atoms with Crippen LogP contribution in [0.25, 0.3) is 0 Å². The zero-order valence-electron chi connectivity index (χ0n) is 10.7. The van der Waals surface area contributed by atoms with Crippen molar-refractivity contribution in [2.45, 2.75) is 32.7 Å². The Morgan fingerprint density at radius 3 is 2.94 bits per heavy atom. The molecule has 0 aromatic carbocycles. The van der Waals surface area contributed by atoms with E-state index in [4.69, 9.17) is 0 Å². The fourth-order valence-electron chi connectivity index (χ4n) is 2.03. The zero-order chi connectivity index (χ0) is 12.4. The average molecular weight is 236 g/mol. The number of H-pyrrole nitrogens is 1. The Balaban J connectivity index is 2.12. The molecule has 1 saturated heterocycles. The minimum atomic E-state index is 0.0298. The molecular weight excluding hydrogens is 216 g/mol. The number of nitrogens with one attached hydrogen (secondary N) is 2. The van der Waals surface area contributed by atoms with Gasteiger partial charge in [0.25, 0.3) is 5.91 Å². The van der Waals surface area contributed by atoms with E-state index in [1.54, 1.807) is 0 Å². The van der Waals surface area contributed by atoms with Crippen LogP contribution in [-0.2, 0) is 0 Å². The highest BCUT2D eigenvalue weighted by molar-refractivity contribution is 5.92. The third kappa shape index (κ3) is 2.49. The quantitative estimate of drug-likeness (QED) is 0.804. The fourth-order valence-corrected chi connectivity index (χ4v) is 2.03. The van der Waals surface area contributed by atoms with Crippen LogP contribution in [0.2, 0.25) is 0 Å². The Kier molecular flexibility index (Phi) is 3.47. The molecule has 1 atom stereocenters. The lowest BCUT2D eigenvalue weighted by Gasteiger charge is -2.33. The van der Waals surface area contributed by atoms with Crippen LogP contribution in [0, 0.1) is 0 Å². The lowest BCUT2D eigenvalue weighted by Crippen LogP contribution is -2.52. The van der Waals surface area contributed by atoms with Crippen molar-refractivity contribution in [3.05, 3.63) is 17.5 Å². The molecule has 2 heterocycles. The topological polar surface area (TPSA) is 61.0 Å². The van der Waals surface area contributed by atoms with E-state index in [9.17, 15) is 4.79 Å². The molecule has 1 aliphatic rings. The number of rotatable bonds is 2. The summed E-state index contributed by atoms with van der Waals surface area (Å²) < 4.78 is 0. The average Bonchev–Trinajstić information content (AvgIpc) is 2.78. The van der Waals surface area contributed by atoms with Crippen molar-refractivity contribution < 1.29 is 4.79 Å². The standard InChI is InChI=1S/C12H20N4O/c1-8(2)10-6-11(15-14-10)12(17)16-5-4-13-7-9(16)3/h6,8-9,13H,4-5,7H2,1-3H3,(H,14,15)/t9-/m1/s1. The van der Waals surface area contributed by atoms with Gasteiger partial charge in [-0.2, -0.15) is 5.10 Å². The first-order chi connectivity index (χ1) is 8.09. The van der Waals surface area contributed by atoms with Gasteiger partial charge in [-0.05, 0) is 18.9 Å². The summed E-state index contributed by atoms with van der Waals surface area (Å²) in [6, 6.07) is 2.09. The van der Waals surface area contributed by atoms with Crippen LogP contribution in [0.1, 0.15) is 42.9 Å². The number of hydrogen-bond acceptors (Lipinski definition) is 3. The van der Waals surface area contributed by atoms with E-state index in [-0.39, 0.29) is 11.9 Å². The monoisotopic (exact) mass is 236 g/mol. The van der Waals surface area contributed by atoms with Gasteiger partial charge in [0, 0.05) is 31.4 Å². The number of hydrogen-bond donors (Lipinski definition) is 2. The predicted molar refractivity (Wildman–Crippen MR) is 66.0 cm³/mol. The molecule has 0 spiro atoms. The molecule has 1 aromatic heterocycles. The summed E-state index contributed by atoms with van der Waals surface area (Å²) in [5.74, 6) is 0.395. The maximum absolute atomic E-state index is 12.3. The number of aromatic nitrogens is 2. The summed E-state index contributed by atoms with van der Waals surface area (Å²) >= 11 is 0. The van der Waals surface area contributed by atoms with Crippen LogP contribution in [0.3, 0.4) is 0 Å². The van der Waals surface area contributed by atoms with E-state index >= 15 is 0 Å². The number of piperazine rings is 1. The minimum Gasteiger partial charge on any atom is -0.332 e. The van der Waals surface area contributed by atoms with Crippen LogP contribution in [0.5, 0.6) is 0 Å². The van der Waals surface area contributed by atoms with Gasteiger partial charge < -0.3 is 10.2 Å². The minimum absolute atomic E-state index is 0.0298. The number of carbonyl (C=O) groups is 1. The highest BCUT2D eigenvalue weighted by atomic mass is 16.2. The highest BCUT2D eigenvalue weighted by Gasteiger charge is 2.25. The summed E-state index contributed by atoms with van der Waals surface area (Å²) in [7, 11) is 0. The van der Waals surface area contributed by atoms with Gasteiger partial charge in [-0.25, -0.2) is 0 Å². The zero-order valence-corrected chi connectivity index (χ0v) is 10.7. The second-order valence-corrected chi connectivity index (χ2v) is 4.91. The molecule has 0 bridgehead atoms. The van der Waals surface area contributed by atoms with Crippen molar-refractivity contribution in [1.82, 2.24) is 20.4 Å². The summed E-state index contributed by atoms with van der Waals surface area (Å²) in [6.45, 7) is 8.68. The SMILES string of the molecule is CC(C)c1cc(C(=O)N2CCNC[C@H]2C)n[nH]1. The van der Waals surface area contributed by atoms with E-state index in [0.717, 1.165) is 25.3 Å². The molecule has 1 fully saturated rings. The van der Waals surface area contributed by atoms with E-state index < -0.39 is 0 Å². The maximum Gasteiger partial charge on any atom is 0.274 e. The summed E-state index contributed by atoms with van der Waals surface area (Å²) in [6.07, 6.45) is 0. The van der Waals surface area contributed by atoms with Crippen molar-refractivity contribution >= 4 is 5.91 Å². The molecule has 0 unspecified atom stereocenters. The molecule has 0 radical (unpaired) electrons. The Morgan fingerprint density at radius 1 is 1.59 bits per heavy atom. The van der Waals surface area contributed by atoms with Crippen LogP contribution in [0.4, 0.5) is 0 Å². The number of carbonyl (C=O) groups excluding carboxylic acids is 1. The number of aromatic amines is 1. The largest absolute Gasteiger partial charge is 0.332 e. The van der Waals surface area contributed by atoms with Gasteiger partial charge in [0.05, 0.1) is 0 Å². The van der Waals surface area contributed by atoms with Gasteiger partial charge in [0.1, 0.15) is 5.69 Å². The molecule has 5 nitrogen and oxygen atoms in total. The van der Waals surface area contributed by atoms with Crippen LogP contribution < -0.4 is 5.32 Å². The fraction of sp³-hybridized carbons (Fsp3) is 0.667. The maximum atomic E-state index is 12.3. The summed E-state index contributed by atoms with van der Waals surface area (Å²) in [5.41, 5.74) is 1.54. The van der Waals surface area contributed by atoms with Gasteiger partial charge in [0.2, 0.25) is 0 Å². The predicted octanol–water partition coefficient (Wildman–Crippen LogP) is 0.967. The molecule has 0 saturated carbocycles. The van der Waals surface area contributed by atoms with Crippen molar-refractivity contribution in [3.8, 4) is 0 Å². The molecule has 1 aromatic rings. The smallest absolute Gasteiger partial charge is 0.274 e. The second kappa shape index (κ2) is 4.87. The van der Waals surface area contributed by atoms with Crippen LogP contribution in [0.15, 0.2) is 6.07 Å². The van der Waals surface area contributed by atoms with Gasteiger partial charge >= 0.3 is 0 Å². The third-order valence-corrected chi connectivity index (χ3v) is 3.20. The lowest BCUT2D eigenvalue weighted by atomic mass is 10.1. The van der Waals surface area contributed by atoms with Crippen molar-refractivity contribution in [2.24, 2.45) is 0 Å². The lowest BCUT2D eigenvalue weighted by molar-refractivity contribution is 0.0649. The highest BCUT2D eigenvalue weighted by Crippen LogP contribution is 2.14. The summed E-state index contributed by atoms with van der Waals surface area (Å²) in [4.78, 5) is 14.1. The van der Waals surface area contributed by atoms with Gasteiger partial charge in [0.15, 0.2) is 0 Å². The van der Waals surface area contributed by atoms with Crippen LogP contribution in [-0.4, -0.2) is 46.7 Å². The van der Waals surface area contributed by atoms with Crippen molar-refractivity contribution in [3.63, 3.8) is 0 Å². The summed E-state index contributed by atoms with van der Waals surface area (Å²) in [5, 5.41) is 10.3. The number of nitrogens with zero attached hydrogens (tertiary/aromatic N) is 2. The Morgan fingerprint density at radius 2 is 2.35 bits per heavy atom. The number of amides is 1. The van der Waals surface area contributed by atoms with E-state index in [1.165, 1.54) is 0 Å². The molecular formula is C12H20N4O. The van der Waals surface area contributed by atoms with Gasteiger partial charge in [-0.1, -0.05) is 13.8 Å². The third-order valence-electron chi connectivity index (χ3n) is 3.20. The molecule has 94 valence electrons. The molecule has 2 rings (SSSR count).